The van der Waals surface area contributed by atoms with Gasteiger partial charge in [0.2, 0.25) is 0 Å². The van der Waals surface area contributed by atoms with Crippen LogP contribution in [0, 0.1) is 0 Å². The van der Waals surface area contributed by atoms with Crippen LogP contribution in [0.25, 0.3) is 0 Å². The van der Waals surface area contributed by atoms with E-state index in [-0.39, 0.29) is 11.7 Å². The van der Waals surface area contributed by atoms with Gasteiger partial charge in [-0.25, -0.2) is 0 Å². The van der Waals surface area contributed by atoms with Gasteiger partial charge in [0.05, 0.1) is 6.61 Å². The summed E-state index contributed by atoms with van der Waals surface area (Å²) in [5.74, 6) is 0.903. The zero-order chi connectivity index (χ0) is 13.9. The molecule has 2 aromatic rings. The monoisotopic (exact) mass is 269 g/mol. The summed E-state index contributed by atoms with van der Waals surface area (Å²) in [6.45, 7) is 0.984. The van der Waals surface area contributed by atoms with Gasteiger partial charge in [-0.2, -0.15) is 0 Å². The van der Waals surface area contributed by atoms with E-state index in [1.165, 1.54) is 0 Å². The number of amides is 1. The molecule has 1 heterocycles. The maximum atomic E-state index is 12.1. The highest BCUT2D eigenvalue weighted by Crippen LogP contribution is 2.25. The van der Waals surface area contributed by atoms with Crippen LogP contribution in [0.4, 0.5) is 0 Å². The molecule has 3 rings (SSSR count). The minimum Gasteiger partial charge on any atom is -0.508 e. The molecule has 2 N–H and O–H groups in total. The third kappa shape index (κ3) is 2.45. The zero-order valence-corrected chi connectivity index (χ0v) is 10.9. The van der Waals surface area contributed by atoms with Gasteiger partial charge in [0.1, 0.15) is 11.5 Å². The summed E-state index contributed by atoms with van der Waals surface area (Å²) in [7, 11) is 0. The standard InChI is InChI=1S/C16H15NO3/c18-14-4-2-1-3-13(14)10-17-16(19)12-5-6-15-11(9-12)7-8-20-15/h1-6,9,18H,7-8,10H2,(H,17,19). The first-order chi connectivity index (χ1) is 9.74. The van der Waals surface area contributed by atoms with Crippen LogP contribution >= 0.6 is 0 Å². The van der Waals surface area contributed by atoms with Crippen molar-refractivity contribution >= 4 is 5.91 Å². The number of rotatable bonds is 3. The Morgan fingerprint density at radius 2 is 2.10 bits per heavy atom. The van der Waals surface area contributed by atoms with E-state index in [9.17, 15) is 9.90 Å². The van der Waals surface area contributed by atoms with Gasteiger partial charge >= 0.3 is 0 Å². The second-order valence-electron chi connectivity index (χ2n) is 4.73. The van der Waals surface area contributed by atoms with Crippen LogP contribution in [0.2, 0.25) is 0 Å². The van der Waals surface area contributed by atoms with Gasteiger partial charge in [-0.05, 0) is 29.8 Å². The molecule has 0 bridgehead atoms. The van der Waals surface area contributed by atoms with Gasteiger partial charge in [-0.15, -0.1) is 0 Å². The minimum absolute atomic E-state index is 0.150. The Morgan fingerprint density at radius 1 is 1.25 bits per heavy atom. The van der Waals surface area contributed by atoms with Crippen molar-refractivity contribution in [1.29, 1.82) is 0 Å². The summed E-state index contributed by atoms with van der Waals surface area (Å²) in [6, 6.07) is 12.4. The van der Waals surface area contributed by atoms with Crippen LogP contribution in [0.5, 0.6) is 11.5 Å². The molecule has 102 valence electrons. The molecule has 0 radical (unpaired) electrons. The normalized spacial score (nSPS) is 12.6. The average molecular weight is 269 g/mol. The van der Waals surface area contributed by atoms with E-state index < -0.39 is 0 Å². The molecule has 0 atom stereocenters. The number of nitrogens with one attached hydrogen (secondary N) is 1. The Balaban J connectivity index is 1.69. The van der Waals surface area contributed by atoms with Gasteiger partial charge in [0.25, 0.3) is 5.91 Å². The molecule has 4 nitrogen and oxygen atoms in total. The molecule has 0 saturated heterocycles. The number of benzene rings is 2. The topological polar surface area (TPSA) is 58.6 Å². The molecule has 4 heteroatoms. The lowest BCUT2D eigenvalue weighted by Crippen LogP contribution is -2.22. The Hall–Kier alpha value is -2.49. The van der Waals surface area contributed by atoms with E-state index in [2.05, 4.69) is 5.32 Å². The number of aromatic hydroxyl groups is 1. The van der Waals surface area contributed by atoms with Crippen LogP contribution in [-0.2, 0) is 13.0 Å². The molecule has 0 fully saturated rings. The lowest BCUT2D eigenvalue weighted by Gasteiger charge is -2.08. The second-order valence-corrected chi connectivity index (χ2v) is 4.73. The number of phenolic OH excluding ortho intramolecular Hbond substituents is 1. The fourth-order valence-electron chi connectivity index (χ4n) is 2.27. The summed E-state index contributed by atoms with van der Waals surface area (Å²) >= 11 is 0. The molecule has 20 heavy (non-hydrogen) atoms. The summed E-state index contributed by atoms with van der Waals surface area (Å²) in [5.41, 5.74) is 2.38. The zero-order valence-electron chi connectivity index (χ0n) is 10.9. The molecule has 1 amide bonds. The van der Waals surface area contributed by atoms with Crippen LogP contribution in [-0.4, -0.2) is 17.6 Å². The van der Waals surface area contributed by atoms with E-state index in [1.54, 1.807) is 24.3 Å². The molecular weight excluding hydrogens is 254 g/mol. The fraction of sp³-hybridized carbons (Fsp3) is 0.188. The predicted octanol–water partition coefficient (Wildman–Crippen LogP) is 2.26. The molecule has 1 aliphatic heterocycles. The molecule has 1 aliphatic rings. The Kier molecular flexibility index (Phi) is 3.29. The molecule has 0 unspecified atom stereocenters. The van der Waals surface area contributed by atoms with Crippen molar-refractivity contribution < 1.29 is 14.6 Å². The number of carbonyl (C=O) groups excluding carboxylic acids is 1. The molecular formula is C16H15NO3. The first-order valence-corrected chi connectivity index (χ1v) is 6.55. The van der Waals surface area contributed by atoms with Crippen molar-refractivity contribution in [3.8, 4) is 11.5 Å². The van der Waals surface area contributed by atoms with Crippen molar-refractivity contribution in [2.75, 3.05) is 6.61 Å². The van der Waals surface area contributed by atoms with E-state index in [0.29, 0.717) is 24.3 Å². The van der Waals surface area contributed by atoms with Crippen molar-refractivity contribution in [1.82, 2.24) is 5.32 Å². The van der Waals surface area contributed by atoms with Crippen LogP contribution in [0.1, 0.15) is 21.5 Å². The lowest BCUT2D eigenvalue weighted by atomic mass is 10.1. The van der Waals surface area contributed by atoms with Gasteiger partial charge in [-0.3, -0.25) is 4.79 Å². The fourth-order valence-corrected chi connectivity index (χ4v) is 2.27. The number of carbonyl (C=O) groups is 1. The number of phenols is 1. The van der Waals surface area contributed by atoms with Crippen molar-refractivity contribution in [2.45, 2.75) is 13.0 Å². The smallest absolute Gasteiger partial charge is 0.251 e. The highest BCUT2D eigenvalue weighted by molar-refractivity contribution is 5.94. The maximum Gasteiger partial charge on any atom is 0.251 e. The van der Waals surface area contributed by atoms with E-state index in [1.807, 2.05) is 18.2 Å². The quantitative estimate of drug-likeness (QED) is 0.898. The summed E-state index contributed by atoms with van der Waals surface area (Å²) in [4.78, 5) is 12.1. The Bertz CT molecular complexity index is 652. The van der Waals surface area contributed by atoms with Gasteiger partial charge in [-0.1, -0.05) is 18.2 Å². The predicted molar refractivity (Wildman–Crippen MR) is 74.9 cm³/mol. The van der Waals surface area contributed by atoms with Gasteiger partial charge in [0.15, 0.2) is 0 Å². The number of para-hydroxylation sites is 1. The number of ether oxygens (including phenoxy) is 1. The Morgan fingerprint density at radius 3 is 2.95 bits per heavy atom. The molecule has 0 saturated carbocycles. The van der Waals surface area contributed by atoms with Crippen LogP contribution in [0.15, 0.2) is 42.5 Å². The third-order valence-electron chi connectivity index (χ3n) is 3.38. The van der Waals surface area contributed by atoms with Crippen LogP contribution < -0.4 is 10.1 Å². The highest BCUT2D eigenvalue weighted by Gasteiger charge is 2.15. The average Bonchev–Trinajstić information content (AvgIpc) is 2.93. The minimum atomic E-state index is -0.150. The summed E-state index contributed by atoms with van der Waals surface area (Å²) in [6.07, 6.45) is 0.843. The number of fused-ring (bicyclic) bond motifs is 1. The van der Waals surface area contributed by atoms with Gasteiger partial charge in [0, 0.05) is 24.1 Å². The van der Waals surface area contributed by atoms with Crippen molar-refractivity contribution in [3.63, 3.8) is 0 Å². The maximum absolute atomic E-state index is 12.1. The first-order valence-electron chi connectivity index (χ1n) is 6.55. The highest BCUT2D eigenvalue weighted by atomic mass is 16.5. The van der Waals surface area contributed by atoms with Crippen LogP contribution in [0.3, 0.4) is 0 Å². The SMILES string of the molecule is O=C(NCc1ccccc1O)c1ccc2c(c1)CCO2. The van der Waals surface area contributed by atoms with Crippen molar-refractivity contribution in [2.24, 2.45) is 0 Å². The molecule has 2 aromatic carbocycles. The third-order valence-corrected chi connectivity index (χ3v) is 3.38. The first kappa shape index (κ1) is 12.5. The van der Waals surface area contributed by atoms with E-state index in [0.717, 1.165) is 17.7 Å². The van der Waals surface area contributed by atoms with Crippen molar-refractivity contribution in [3.05, 3.63) is 59.2 Å². The van der Waals surface area contributed by atoms with Gasteiger partial charge < -0.3 is 15.2 Å². The summed E-state index contributed by atoms with van der Waals surface area (Å²) < 4.78 is 5.41. The molecule has 0 aliphatic carbocycles. The van der Waals surface area contributed by atoms with E-state index >= 15 is 0 Å². The molecule has 0 aromatic heterocycles. The largest absolute Gasteiger partial charge is 0.508 e. The molecule has 0 spiro atoms. The second kappa shape index (κ2) is 5.25. The number of hydrogen-bond donors (Lipinski definition) is 2. The number of hydrogen-bond acceptors (Lipinski definition) is 3. The Labute approximate surface area is 117 Å². The van der Waals surface area contributed by atoms with E-state index in [4.69, 9.17) is 4.74 Å². The lowest BCUT2D eigenvalue weighted by molar-refractivity contribution is 0.0950. The summed E-state index contributed by atoms with van der Waals surface area (Å²) in [5, 5.41) is 12.5.